The summed E-state index contributed by atoms with van der Waals surface area (Å²) < 4.78 is 26.2. The SMILES string of the molecule is C[C@H](NC(=O)COC(=O)[C@@]1(C)CC1(Cl)Cl)c1ccc(S(N)(=O)=O)cc1. The van der Waals surface area contributed by atoms with E-state index in [1.54, 1.807) is 13.8 Å². The third-order valence-corrected chi connectivity index (χ3v) is 6.16. The molecule has 3 N–H and O–H groups in total. The van der Waals surface area contributed by atoms with E-state index in [4.69, 9.17) is 33.1 Å². The lowest BCUT2D eigenvalue weighted by Gasteiger charge is -2.16. The van der Waals surface area contributed by atoms with Crippen molar-refractivity contribution in [1.82, 2.24) is 5.32 Å². The first-order chi connectivity index (χ1) is 11.4. The van der Waals surface area contributed by atoms with Crippen molar-refractivity contribution < 1.29 is 22.7 Å². The van der Waals surface area contributed by atoms with Gasteiger partial charge in [0.25, 0.3) is 5.91 Å². The summed E-state index contributed by atoms with van der Waals surface area (Å²) in [5.74, 6) is -1.13. The number of primary sulfonamides is 1. The molecular formula is C15H18Cl2N2O5S. The number of nitrogens with two attached hydrogens (primary N) is 1. The summed E-state index contributed by atoms with van der Waals surface area (Å²) in [6.07, 6.45) is 0.274. The Kier molecular flexibility index (Phi) is 5.39. The second-order valence-electron chi connectivity index (χ2n) is 6.19. The average Bonchev–Trinajstić information content (AvgIpc) is 3.03. The van der Waals surface area contributed by atoms with Gasteiger partial charge in [0.1, 0.15) is 9.75 Å². The van der Waals surface area contributed by atoms with Gasteiger partial charge in [-0.3, -0.25) is 9.59 Å². The van der Waals surface area contributed by atoms with Crippen molar-refractivity contribution in [3.63, 3.8) is 0 Å². The average molecular weight is 409 g/mol. The van der Waals surface area contributed by atoms with Crippen LogP contribution >= 0.6 is 23.2 Å². The molecule has 0 heterocycles. The summed E-state index contributed by atoms with van der Waals surface area (Å²) in [7, 11) is -3.77. The van der Waals surface area contributed by atoms with Crippen LogP contribution in [0.1, 0.15) is 31.9 Å². The number of esters is 1. The van der Waals surface area contributed by atoms with Gasteiger partial charge >= 0.3 is 5.97 Å². The highest BCUT2D eigenvalue weighted by atomic mass is 35.5. The van der Waals surface area contributed by atoms with Gasteiger partial charge in [0.05, 0.1) is 10.9 Å². The van der Waals surface area contributed by atoms with Crippen LogP contribution in [0.3, 0.4) is 0 Å². The number of amides is 1. The molecule has 10 heteroatoms. The molecule has 0 aliphatic heterocycles. The molecule has 1 aromatic rings. The molecular weight excluding hydrogens is 391 g/mol. The van der Waals surface area contributed by atoms with Crippen LogP contribution in [-0.4, -0.2) is 31.2 Å². The monoisotopic (exact) mass is 408 g/mol. The maximum atomic E-state index is 11.9. The predicted octanol–water partition coefficient (Wildman–Crippen LogP) is 1.64. The minimum atomic E-state index is -3.77. The second-order valence-corrected chi connectivity index (χ2v) is 9.24. The van der Waals surface area contributed by atoms with E-state index < -0.39 is 44.3 Å². The number of carbonyl (C=O) groups excluding carboxylic acids is 2. The molecule has 0 aromatic heterocycles. The molecule has 1 saturated carbocycles. The van der Waals surface area contributed by atoms with Gasteiger partial charge in [-0.1, -0.05) is 12.1 Å². The molecule has 0 unspecified atom stereocenters. The van der Waals surface area contributed by atoms with E-state index in [2.05, 4.69) is 5.32 Å². The topological polar surface area (TPSA) is 116 Å². The molecule has 0 saturated heterocycles. The molecule has 7 nitrogen and oxygen atoms in total. The Bertz CT molecular complexity index is 795. The maximum absolute atomic E-state index is 11.9. The van der Waals surface area contributed by atoms with Gasteiger partial charge in [-0.05, 0) is 31.5 Å². The number of benzene rings is 1. The molecule has 2 rings (SSSR count). The number of ether oxygens (including phenoxy) is 1. The number of alkyl halides is 2. The Morgan fingerprint density at radius 3 is 2.28 bits per heavy atom. The van der Waals surface area contributed by atoms with Crippen LogP contribution in [0.4, 0.5) is 0 Å². The lowest BCUT2D eigenvalue weighted by atomic mass is 10.1. The van der Waals surface area contributed by atoms with Gasteiger partial charge in [0.2, 0.25) is 10.0 Å². The fourth-order valence-corrected chi connectivity index (χ4v) is 3.43. The van der Waals surface area contributed by atoms with Crippen molar-refractivity contribution in [2.75, 3.05) is 6.61 Å². The summed E-state index contributed by atoms with van der Waals surface area (Å²) in [6, 6.07) is 5.36. The number of hydrogen-bond donors (Lipinski definition) is 2. The minimum absolute atomic E-state index is 0.0213. The molecule has 1 amide bonds. The summed E-state index contributed by atoms with van der Waals surface area (Å²) >= 11 is 11.8. The zero-order chi connectivity index (χ0) is 19.0. The third-order valence-electron chi connectivity index (χ3n) is 4.13. The first-order valence-electron chi connectivity index (χ1n) is 7.34. The Morgan fingerprint density at radius 2 is 1.84 bits per heavy atom. The van der Waals surface area contributed by atoms with Crippen molar-refractivity contribution in [2.24, 2.45) is 10.6 Å². The van der Waals surface area contributed by atoms with Crippen LogP contribution in [0.25, 0.3) is 0 Å². The van der Waals surface area contributed by atoms with Gasteiger partial charge in [0.15, 0.2) is 6.61 Å². The first kappa shape index (κ1) is 20.0. The number of nitrogens with one attached hydrogen (secondary N) is 1. The van der Waals surface area contributed by atoms with Gasteiger partial charge in [-0.15, -0.1) is 23.2 Å². The van der Waals surface area contributed by atoms with E-state index in [0.717, 1.165) is 0 Å². The fraction of sp³-hybridized carbons (Fsp3) is 0.467. The van der Waals surface area contributed by atoms with Crippen molar-refractivity contribution in [3.8, 4) is 0 Å². The van der Waals surface area contributed by atoms with Crippen molar-refractivity contribution in [3.05, 3.63) is 29.8 Å². The Morgan fingerprint density at radius 1 is 1.32 bits per heavy atom. The van der Waals surface area contributed by atoms with Crippen molar-refractivity contribution in [1.29, 1.82) is 0 Å². The zero-order valence-corrected chi connectivity index (χ0v) is 15.9. The zero-order valence-electron chi connectivity index (χ0n) is 13.6. The highest BCUT2D eigenvalue weighted by Crippen LogP contribution is 2.64. The molecule has 138 valence electrons. The lowest BCUT2D eigenvalue weighted by molar-refractivity contribution is -0.153. The third kappa shape index (κ3) is 4.44. The summed E-state index contributed by atoms with van der Waals surface area (Å²) in [6.45, 7) is 2.82. The van der Waals surface area contributed by atoms with Crippen LogP contribution in [0.2, 0.25) is 0 Å². The maximum Gasteiger partial charge on any atom is 0.315 e. The molecule has 0 radical (unpaired) electrons. The van der Waals surface area contributed by atoms with E-state index in [0.29, 0.717) is 5.56 Å². The minimum Gasteiger partial charge on any atom is -0.455 e. The van der Waals surface area contributed by atoms with Crippen LogP contribution in [0.5, 0.6) is 0 Å². The summed E-state index contributed by atoms with van der Waals surface area (Å²) in [4.78, 5) is 23.8. The quantitative estimate of drug-likeness (QED) is 0.548. The standard InChI is InChI=1S/C15H18Cl2N2O5S/c1-9(10-3-5-11(6-4-10)25(18,22)23)19-12(20)7-24-13(21)14(2)8-15(14,16)17/h3-6,9H,7-8H2,1-2H3,(H,19,20)(H2,18,22,23)/t9-,14+/m0/s1. The predicted molar refractivity (Wildman–Crippen MR) is 92.5 cm³/mol. The molecule has 25 heavy (non-hydrogen) atoms. The molecule has 1 fully saturated rings. The molecule has 1 aromatic carbocycles. The van der Waals surface area contributed by atoms with E-state index >= 15 is 0 Å². The van der Waals surface area contributed by atoms with E-state index in [-0.39, 0.29) is 11.3 Å². The summed E-state index contributed by atoms with van der Waals surface area (Å²) in [5, 5.41) is 7.67. The van der Waals surface area contributed by atoms with Crippen LogP contribution < -0.4 is 10.5 Å². The smallest absolute Gasteiger partial charge is 0.315 e. The highest BCUT2D eigenvalue weighted by molar-refractivity contribution is 7.89. The number of rotatable bonds is 6. The molecule has 0 bridgehead atoms. The molecule has 0 spiro atoms. The van der Waals surface area contributed by atoms with Gasteiger partial charge in [-0.2, -0.15) is 0 Å². The van der Waals surface area contributed by atoms with E-state index in [1.165, 1.54) is 24.3 Å². The Balaban J connectivity index is 1.87. The van der Waals surface area contributed by atoms with Crippen LogP contribution in [0.15, 0.2) is 29.2 Å². The van der Waals surface area contributed by atoms with Crippen molar-refractivity contribution in [2.45, 2.75) is 35.5 Å². The molecule has 1 aliphatic rings. The van der Waals surface area contributed by atoms with Gasteiger partial charge in [0, 0.05) is 6.42 Å². The fourth-order valence-electron chi connectivity index (χ4n) is 2.22. The van der Waals surface area contributed by atoms with Gasteiger partial charge in [-0.25, -0.2) is 13.6 Å². The Hall–Kier alpha value is -1.35. The molecule has 1 aliphatic carbocycles. The van der Waals surface area contributed by atoms with E-state index in [1.807, 2.05) is 0 Å². The largest absolute Gasteiger partial charge is 0.455 e. The molecule has 2 atom stereocenters. The Labute approximate surface area is 155 Å². The summed E-state index contributed by atoms with van der Waals surface area (Å²) in [5.41, 5.74) is -0.326. The first-order valence-corrected chi connectivity index (χ1v) is 9.64. The second kappa shape index (κ2) is 6.75. The van der Waals surface area contributed by atoms with Crippen molar-refractivity contribution >= 4 is 45.1 Å². The number of carbonyl (C=O) groups is 2. The number of hydrogen-bond acceptors (Lipinski definition) is 5. The van der Waals surface area contributed by atoms with Crippen LogP contribution in [0, 0.1) is 5.41 Å². The number of sulfonamides is 1. The van der Waals surface area contributed by atoms with E-state index in [9.17, 15) is 18.0 Å². The number of halogens is 2. The normalized spacial score (nSPS) is 22.8. The van der Waals surface area contributed by atoms with Gasteiger partial charge < -0.3 is 10.1 Å². The van der Waals surface area contributed by atoms with Crippen LogP contribution in [-0.2, 0) is 24.3 Å². The lowest BCUT2D eigenvalue weighted by Crippen LogP contribution is -2.33. The highest BCUT2D eigenvalue weighted by Gasteiger charge is 2.69.